The van der Waals surface area contributed by atoms with Crippen molar-refractivity contribution in [3.05, 3.63) is 24.3 Å². The molecule has 1 rings (SSSR count). The summed E-state index contributed by atoms with van der Waals surface area (Å²) in [5, 5.41) is 2.81. The predicted octanol–water partition coefficient (Wildman–Crippen LogP) is 2.43. The number of rotatable bonds is 9. The first-order valence-electron chi connectivity index (χ1n) is 6.96. The molecule has 0 aliphatic rings. The van der Waals surface area contributed by atoms with Crippen molar-refractivity contribution in [3.8, 4) is 0 Å². The lowest BCUT2D eigenvalue weighted by Crippen LogP contribution is -2.18. The lowest BCUT2D eigenvalue weighted by Gasteiger charge is -2.12. The van der Waals surface area contributed by atoms with Crippen molar-refractivity contribution in [1.82, 2.24) is 0 Å². The van der Waals surface area contributed by atoms with E-state index < -0.39 is 0 Å². The van der Waals surface area contributed by atoms with E-state index >= 15 is 0 Å². The summed E-state index contributed by atoms with van der Waals surface area (Å²) in [4.78, 5) is 11.7. The third-order valence-corrected chi connectivity index (χ3v) is 2.68. The van der Waals surface area contributed by atoms with Crippen molar-refractivity contribution in [2.45, 2.75) is 32.8 Å². The fourth-order valence-electron chi connectivity index (χ4n) is 1.69. The number of hydrogen-bond donors (Lipinski definition) is 2. The number of amides is 1. The molecule has 1 amide bonds. The van der Waals surface area contributed by atoms with Gasteiger partial charge < -0.3 is 20.5 Å². The van der Waals surface area contributed by atoms with E-state index in [1.165, 1.54) is 0 Å². The summed E-state index contributed by atoms with van der Waals surface area (Å²) in [7, 11) is 0. The molecule has 1 atom stereocenters. The van der Waals surface area contributed by atoms with Gasteiger partial charge in [-0.15, -0.1) is 0 Å². The van der Waals surface area contributed by atoms with E-state index in [1.807, 2.05) is 26.0 Å². The number of carbonyl (C=O) groups excluding carboxylic acids is 1. The van der Waals surface area contributed by atoms with Crippen LogP contribution in [0.4, 0.5) is 11.4 Å². The van der Waals surface area contributed by atoms with Crippen LogP contribution in [0.1, 0.15) is 26.7 Å². The number of nitrogen functional groups attached to an aromatic ring is 1. The third kappa shape index (κ3) is 7.11. The van der Waals surface area contributed by atoms with Gasteiger partial charge in [0.2, 0.25) is 5.91 Å². The van der Waals surface area contributed by atoms with Crippen LogP contribution >= 0.6 is 0 Å². The monoisotopic (exact) mass is 280 g/mol. The summed E-state index contributed by atoms with van der Waals surface area (Å²) in [5.74, 6) is -0.0309. The highest BCUT2D eigenvalue weighted by Crippen LogP contribution is 2.12. The lowest BCUT2D eigenvalue weighted by molar-refractivity contribution is -0.116. The summed E-state index contributed by atoms with van der Waals surface area (Å²) >= 11 is 0. The molecule has 1 aromatic rings. The topological polar surface area (TPSA) is 73.6 Å². The standard InChI is InChI=1S/C15H24N2O3/c1-3-19-11-12(2)20-9-5-8-15(18)17-14-7-4-6-13(16)10-14/h4,6-7,10,12H,3,5,8-9,11,16H2,1-2H3,(H,17,18). The summed E-state index contributed by atoms with van der Waals surface area (Å²) in [6.45, 7) is 5.75. The molecule has 0 spiro atoms. The molecule has 0 fully saturated rings. The molecular weight excluding hydrogens is 256 g/mol. The number of hydrogen-bond acceptors (Lipinski definition) is 4. The molecule has 3 N–H and O–H groups in total. The molecule has 1 aromatic carbocycles. The number of ether oxygens (including phenoxy) is 2. The van der Waals surface area contributed by atoms with Crippen molar-refractivity contribution in [2.75, 3.05) is 30.9 Å². The molecular formula is C15H24N2O3. The second-order valence-corrected chi connectivity index (χ2v) is 4.62. The first kappa shape index (κ1) is 16.5. The molecule has 1 unspecified atom stereocenters. The minimum Gasteiger partial charge on any atom is -0.399 e. The average Bonchev–Trinajstić information content (AvgIpc) is 2.41. The lowest BCUT2D eigenvalue weighted by atomic mass is 10.2. The van der Waals surface area contributed by atoms with Gasteiger partial charge in [0.25, 0.3) is 0 Å². The molecule has 0 heterocycles. The van der Waals surface area contributed by atoms with Crippen molar-refractivity contribution < 1.29 is 14.3 Å². The van der Waals surface area contributed by atoms with E-state index in [4.69, 9.17) is 15.2 Å². The minimum absolute atomic E-state index is 0.0309. The molecule has 20 heavy (non-hydrogen) atoms. The Morgan fingerprint density at radius 2 is 2.25 bits per heavy atom. The Morgan fingerprint density at radius 3 is 2.95 bits per heavy atom. The molecule has 0 saturated heterocycles. The highest BCUT2D eigenvalue weighted by atomic mass is 16.5. The van der Waals surface area contributed by atoms with Gasteiger partial charge in [0.05, 0.1) is 12.7 Å². The van der Waals surface area contributed by atoms with Crippen molar-refractivity contribution in [1.29, 1.82) is 0 Å². The van der Waals surface area contributed by atoms with Gasteiger partial charge in [-0.25, -0.2) is 0 Å². The number of nitrogens with two attached hydrogens (primary N) is 1. The van der Waals surface area contributed by atoms with Gasteiger partial charge in [-0.2, -0.15) is 0 Å². The van der Waals surface area contributed by atoms with Gasteiger partial charge in [-0.3, -0.25) is 4.79 Å². The minimum atomic E-state index is -0.0309. The van der Waals surface area contributed by atoms with E-state index in [9.17, 15) is 4.79 Å². The normalized spacial score (nSPS) is 12.1. The fourth-order valence-corrected chi connectivity index (χ4v) is 1.69. The SMILES string of the molecule is CCOCC(C)OCCCC(=O)Nc1cccc(N)c1. The van der Waals surface area contributed by atoms with Crippen LogP contribution in [0.5, 0.6) is 0 Å². The van der Waals surface area contributed by atoms with Crippen LogP contribution in [0, 0.1) is 0 Å². The second kappa shape index (κ2) is 9.34. The Labute approximate surface area is 120 Å². The molecule has 0 radical (unpaired) electrons. The maximum Gasteiger partial charge on any atom is 0.224 e. The Kier molecular flexibility index (Phi) is 7.69. The van der Waals surface area contributed by atoms with E-state index in [1.54, 1.807) is 12.1 Å². The maximum atomic E-state index is 11.7. The van der Waals surface area contributed by atoms with Gasteiger partial charge >= 0.3 is 0 Å². The van der Waals surface area contributed by atoms with Crippen LogP contribution < -0.4 is 11.1 Å². The van der Waals surface area contributed by atoms with Crippen LogP contribution in [0.3, 0.4) is 0 Å². The maximum absolute atomic E-state index is 11.7. The van der Waals surface area contributed by atoms with Gasteiger partial charge in [0, 0.05) is 31.0 Å². The Balaban J connectivity index is 2.14. The van der Waals surface area contributed by atoms with Crippen LogP contribution in [-0.4, -0.2) is 31.8 Å². The van der Waals surface area contributed by atoms with Gasteiger partial charge in [-0.1, -0.05) is 6.07 Å². The first-order valence-corrected chi connectivity index (χ1v) is 6.96. The predicted molar refractivity (Wildman–Crippen MR) is 80.6 cm³/mol. The third-order valence-electron chi connectivity index (χ3n) is 2.68. The first-order chi connectivity index (χ1) is 9.61. The quantitative estimate of drug-likeness (QED) is 0.538. The Bertz CT molecular complexity index is 410. The molecule has 0 aromatic heterocycles. The zero-order chi connectivity index (χ0) is 14.8. The van der Waals surface area contributed by atoms with E-state index in [2.05, 4.69) is 5.32 Å². The van der Waals surface area contributed by atoms with Crippen LogP contribution in [0.2, 0.25) is 0 Å². The zero-order valence-electron chi connectivity index (χ0n) is 12.2. The fraction of sp³-hybridized carbons (Fsp3) is 0.533. The molecule has 112 valence electrons. The molecule has 5 heteroatoms. The van der Waals surface area contributed by atoms with E-state index in [0.29, 0.717) is 38.3 Å². The summed E-state index contributed by atoms with van der Waals surface area (Å²) in [6.07, 6.45) is 1.17. The zero-order valence-corrected chi connectivity index (χ0v) is 12.2. The van der Waals surface area contributed by atoms with E-state index in [-0.39, 0.29) is 12.0 Å². The Morgan fingerprint density at radius 1 is 1.45 bits per heavy atom. The summed E-state index contributed by atoms with van der Waals surface area (Å²) in [5.41, 5.74) is 7.00. The second-order valence-electron chi connectivity index (χ2n) is 4.62. The summed E-state index contributed by atoms with van der Waals surface area (Å²) in [6, 6.07) is 7.14. The Hall–Kier alpha value is -1.59. The van der Waals surface area contributed by atoms with Crippen LogP contribution in [0.25, 0.3) is 0 Å². The molecule has 0 aliphatic heterocycles. The molecule has 0 aliphatic carbocycles. The van der Waals surface area contributed by atoms with Gasteiger partial charge in [0.15, 0.2) is 0 Å². The highest BCUT2D eigenvalue weighted by molar-refractivity contribution is 5.91. The van der Waals surface area contributed by atoms with Crippen molar-refractivity contribution in [3.63, 3.8) is 0 Å². The highest BCUT2D eigenvalue weighted by Gasteiger charge is 2.05. The molecule has 5 nitrogen and oxygen atoms in total. The number of benzene rings is 1. The number of nitrogens with one attached hydrogen (secondary N) is 1. The van der Waals surface area contributed by atoms with Gasteiger partial charge in [-0.05, 0) is 38.5 Å². The molecule has 0 bridgehead atoms. The summed E-state index contributed by atoms with van der Waals surface area (Å²) < 4.78 is 10.8. The van der Waals surface area contributed by atoms with Crippen molar-refractivity contribution >= 4 is 17.3 Å². The van der Waals surface area contributed by atoms with Crippen molar-refractivity contribution in [2.24, 2.45) is 0 Å². The smallest absolute Gasteiger partial charge is 0.224 e. The number of carbonyl (C=O) groups is 1. The van der Waals surface area contributed by atoms with Crippen LogP contribution in [0.15, 0.2) is 24.3 Å². The number of anilines is 2. The van der Waals surface area contributed by atoms with Crippen LogP contribution in [-0.2, 0) is 14.3 Å². The largest absolute Gasteiger partial charge is 0.399 e. The molecule has 0 saturated carbocycles. The van der Waals surface area contributed by atoms with E-state index in [0.717, 1.165) is 5.69 Å². The average molecular weight is 280 g/mol. The van der Waals surface area contributed by atoms with Gasteiger partial charge in [0.1, 0.15) is 0 Å².